The van der Waals surface area contributed by atoms with Crippen molar-refractivity contribution in [1.82, 2.24) is 0 Å². The van der Waals surface area contributed by atoms with E-state index >= 15 is 0 Å². The van der Waals surface area contributed by atoms with E-state index in [2.05, 4.69) is 27.5 Å². The van der Waals surface area contributed by atoms with Crippen molar-refractivity contribution in [2.75, 3.05) is 6.54 Å². The molecule has 0 heterocycles. The highest BCUT2D eigenvalue weighted by molar-refractivity contribution is 5.14. The summed E-state index contributed by atoms with van der Waals surface area (Å²) in [6, 6.07) is 0.588. The third-order valence-electron chi connectivity index (χ3n) is 1.14. The second-order valence-electron chi connectivity index (χ2n) is 2.00. The number of hydrogen-bond donors (Lipinski definition) is 0. The maximum absolute atomic E-state index is 3.79. The molecule has 0 aromatic carbocycles. The Kier molecular flexibility index (Phi) is 2.65. The highest BCUT2D eigenvalue weighted by atomic mass is 15.0. The van der Waals surface area contributed by atoms with Crippen LogP contribution in [0.4, 0.5) is 0 Å². The van der Waals surface area contributed by atoms with Crippen LogP contribution in [0, 0.1) is 0 Å². The topological polar surface area (TPSA) is 3.01 Å². The second-order valence-corrected chi connectivity index (χ2v) is 2.00. The normalized spacial score (nSPS) is 9.71. The average Bonchev–Trinajstić information content (AvgIpc) is 1.65. The molecule has 0 aromatic heterocycles. The van der Waals surface area contributed by atoms with Crippen LogP contribution in [-0.2, 0) is 0 Å². The molecule has 0 amide bonds. The van der Waals surface area contributed by atoms with Gasteiger partial charge in [0.25, 0.3) is 0 Å². The molecule has 0 aliphatic heterocycles. The molecule has 0 saturated heterocycles. The van der Waals surface area contributed by atoms with Crippen LogP contribution in [0.2, 0.25) is 0 Å². The second kappa shape index (κ2) is 2.78. The zero-order valence-corrected chi connectivity index (χ0v) is 5.44. The summed E-state index contributed by atoms with van der Waals surface area (Å²) >= 11 is 0. The molecule has 1 heteroatoms. The smallest absolute Gasteiger partial charge is 0.146 e. The molecular weight excluding hydrogens is 86.1 g/mol. The van der Waals surface area contributed by atoms with Crippen LogP contribution in [-0.4, -0.2) is 23.9 Å². The largest absolute Gasteiger partial charge is 0.240 e. The molecule has 0 spiro atoms. The molecular formula is C6H14N+. The monoisotopic (exact) mass is 100 g/mol. The van der Waals surface area contributed by atoms with E-state index in [9.17, 15) is 0 Å². The van der Waals surface area contributed by atoms with Gasteiger partial charge in [0.15, 0.2) is 0 Å². The van der Waals surface area contributed by atoms with Crippen molar-refractivity contribution < 1.29 is 4.58 Å². The van der Waals surface area contributed by atoms with Crippen LogP contribution in [0.5, 0.6) is 0 Å². The van der Waals surface area contributed by atoms with E-state index in [4.69, 9.17) is 0 Å². The van der Waals surface area contributed by atoms with Gasteiger partial charge in [0.05, 0.1) is 0 Å². The van der Waals surface area contributed by atoms with Crippen molar-refractivity contribution in [2.24, 2.45) is 0 Å². The predicted octanol–water partition coefficient (Wildman–Crippen LogP) is 1.13. The molecule has 0 rings (SSSR count). The van der Waals surface area contributed by atoms with Crippen LogP contribution in [0.1, 0.15) is 20.8 Å². The Balaban J connectivity index is 3.35. The quantitative estimate of drug-likeness (QED) is 0.361. The molecule has 1 nitrogen and oxygen atoms in total. The molecule has 0 aliphatic carbocycles. The Hall–Kier alpha value is -0.330. The third-order valence-corrected chi connectivity index (χ3v) is 1.14. The Labute approximate surface area is 45.7 Å². The third kappa shape index (κ3) is 2.38. The number of hydrogen-bond acceptors (Lipinski definition) is 0. The van der Waals surface area contributed by atoms with E-state index in [0.29, 0.717) is 6.04 Å². The first-order valence-corrected chi connectivity index (χ1v) is 2.75. The van der Waals surface area contributed by atoms with Gasteiger partial charge in [-0.15, -0.1) is 0 Å². The van der Waals surface area contributed by atoms with Crippen molar-refractivity contribution in [3.8, 4) is 0 Å². The fourth-order valence-corrected chi connectivity index (χ4v) is 0.365. The standard InChI is InChI=1S/C6H14N/c1-5-7(4)6(2)3/h6H,4-5H2,1-3H3/q+1. The van der Waals surface area contributed by atoms with E-state index in [-0.39, 0.29) is 0 Å². The average molecular weight is 100 g/mol. The Morgan fingerprint density at radius 2 is 2.00 bits per heavy atom. The van der Waals surface area contributed by atoms with E-state index in [1.54, 1.807) is 0 Å². The minimum atomic E-state index is 0.588. The van der Waals surface area contributed by atoms with Crippen LogP contribution in [0.25, 0.3) is 0 Å². The van der Waals surface area contributed by atoms with Crippen molar-refractivity contribution in [3.05, 3.63) is 0 Å². The van der Waals surface area contributed by atoms with Crippen molar-refractivity contribution >= 4 is 6.72 Å². The summed E-state index contributed by atoms with van der Waals surface area (Å²) in [5.41, 5.74) is 0. The van der Waals surface area contributed by atoms with E-state index in [0.717, 1.165) is 6.54 Å². The lowest BCUT2D eigenvalue weighted by molar-refractivity contribution is -0.547. The van der Waals surface area contributed by atoms with Crippen molar-refractivity contribution in [3.63, 3.8) is 0 Å². The molecule has 0 atom stereocenters. The molecule has 0 aliphatic rings. The minimum absolute atomic E-state index is 0.588. The molecule has 0 bridgehead atoms. The summed E-state index contributed by atoms with van der Waals surface area (Å²) in [6.45, 7) is 11.2. The number of nitrogens with zero attached hydrogens (tertiary/aromatic N) is 1. The Bertz CT molecular complexity index is 64.6. The molecule has 0 N–H and O–H groups in total. The summed E-state index contributed by atoms with van der Waals surface area (Å²) < 4.78 is 2.04. The number of rotatable bonds is 2. The first-order valence-electron chi connectivity index (χ1n) is 2.75. The summed E-state index contributed by atoms with van der Waals surface area (Å²) in [5.74, 6) is 0. The van der Waals surface area contributed by atoms with E-state index in [1.165, 1.54) is 0 Å². The predicted molar refractivity (Wildman–Crippen MR) is 33.1 cm³/mol. The fourth-order valence-electron chi connectivity index (χ4n) is 0.365. The fraction of sp³-hybridized carbons (Fsp3) is 0.833. The van der Waals surface area contributed by atoms with Crippen LogP contribution in [0.15, 0.2) is 0 Å². The van der Waals surface area contributed by atoms with Crippen LogP contribution < -0.4 is 0 Å². The van der Waals surface area contributed by atoms with Gasteiger partial charge in [-0.2, -0.15) is 0 Å². The maximum atomic E-state index is 3.79. The lowest BCUT2D eigenvalue weighted by Crippen LogP contribution is -2.17. The Morgan fingerprint density at radius 1 is 1.57 bits per heavy atom. The lowest BCUT2D eigenvalue weighted by atomic mass is 10.4. The van der Waals surface area contributed by atoms with Gasteiger partial charge in [-0.3, -0.25) is 0 Å². The molecule has 0 fully saturated rings. The minimum Gasteiger partial charge on any atom is -0.240 e. The van der Waals surface area contributed by atoms with Gasteiger partial charge in [0.2, 0.25) is 0 Å². The first kappa shape index (κ1) is 6.67. The molecule has 0 aromatic rings. The lowest BCUT2D eigenvalue weighted by Gasteiger charge is -1.98. The summed E-state index contributed by atoms with van der Waals surface area (Å²) in [6.07, 6.45) is 0. The van der Waals surface area contributed by atoms with Gasteiger partial charge >= 0.3 is 0 Å². The summed E-state index contributed by atoms with van der Waals surface area (Å²) in [7, 11) is 0. The van der Waals surface area contributed by atoms with Crippen molar-refractivity contribution in [1.29, 1.82) is 0 Å². The van der Waals surface area contributed by atoms with Crippen LogP contribution >= 0.6 is 0 Å². The van der Waals surface area contributed by atoms with Gasteiger partial charge in [0.1, 0.15) is 19.3 Å². The molecule has 0 unspecified atom stereocenters. The van der Waals surface area contributed by atoms with Crippen molar-refractivity contribution in [2.45, 2.75) is 26.8 Å². The van der Waals surface area contributed by atoms with Crippen LogP contribution in [0.3, 0.4) is 0 Å². The molecule has 0 radical (unpaired) electrons. The zero-order valence-electron chi connectivity index (χ0n) is 5.44. The van der Waals surface area contributed by atoms with Gasteiger partial charge in [-0.1, -0.05) is 0 Å². The first-order chi connectivity index (χ1) is 3.18. The highest BCUT2D eigenvalue weighted by Crippen LogP contribution is 1.82. The zero-order chi connectivity index (χ0) is 5.86. The van der Waals surface area contributed by atoms with Gasteiger partial charge in [0, 0.05) is 0 Å². The van der Waals surface area contributed by atoms with Gasteiger partial charge < -0.3 is 0 Å². The van der Waals surface area contributed by atoms with Gasteiger partial charge in [-0.05, 0) is 20.8 Å². The maximum Gasteiger partial charge on any atom is 0.146 e. The highest BCUT2D eigenvalue weighted by Gasteiger charge is 1.99. The summed E-state index contributed by atoms with van der Waals surface area (Å²) in [5, 5.41) is 0. The summed E-state index contributed by atoms with van der Waals surface area (Å²) in [4.78, 5) is 0. The van der Waals surface area contributed by atoms with E-state index in [1.807, 2.05) is 4.58 Å². The van der Waals surface area contributed by atoms with Gasteiger partial charge in [-0.25, -0.2) is 4.58 Å². The SMILES string of the molecule is C=[N+](CC)C(C)C. The Morgan fingerprint density at radius 3 is 2.00 bits per heavy atom. The molecule has 7 heavy (non-hydrogen) atoms. The molecule has 0 saturated carbocycles. The molecule has 42 valence electrons. The van der Waals surface area contributed by atoms with E-state index < -0.39 is 0 Å².